The van der Waals surface area contributed by atoms with E-state index in [1.54, 1.807) is 36.4 Å². The summed E-state index contributed by atoms with van der Waals surface area (Å²) >= 11 is 0. The number of carbonyl (C=O) groups excluding carboxylic acids is 1. The zero-order valence-electron chi connectivity index (χ0n) is 18.9. The van der Waals surface area contributed by atoms with Crippen LogP contribution in [0.5, 0.6) is 11.5 Å². The number of hydrogen-bond acceptors (Lipinski definition) is 6. The van der Waals surface area contributed by atoms with E-state index in [1.165, 1.54) is 19.1 Å². The summed E-state index contributed by atoms with van der Waals surface area (Å²) in [5, 5.41) is 0. The maximum Gasteiger partial charge on any atom is 0.308 e. The van der Waals surface area contributed by atoms with Crippen molar-refractivity contribution in [3.05, 3.63) is 71.8 Å². The van der Waals surface area contributed by atoms with Crippen LogP contribution in [0.1, 0.15) is 31.9 Å². The molecule has 0 fully saturated rings. The van der Waals surface area contributed by atoms with Crippen molar-refractivity contribution >= 4 is 28.1 Å². The number of carbonyl (C=O) groups is 1. The van der Waals surface area contributed by atoms with Crippen molar-refractivity contribution in [3.8, 4) is 11.5 Å². The largest absolute Gasteiger partial charge is 0.492 e. The van der Waals surface area contributed by atoms with Crippen LogP contribution in [0.4, 0.5) is 0 Å². The monoisotopic (exact) mass is 457 g/mol. The summed E-state index contributed by atoms with van der Waals surface area (Å²) in [6, 6.07) is 14.1. The van der Waals surface area contributed by atoms with Crippen molar-refractivity contribution in [2.24, 2.45) is 0 Å². The van der Waals surface area contributed by atoms with Crippen molar-refractivity contribution < 1.29 is 22.1 Å². The molecule has 0 radical (unpaired) electrons. The summed E-state index contributed by atoms with van der Waals surface area (Å²) in [5.74, 6) is 0.680. The fourth-order valence-corrected chi connectivity index (χ4v) is 3.34. The van der Waals surface area contributed by atoms with Crippen LogP contribution in [0.15, 0.2) is 60.7 Å². The van der Waals surface area contributed by atoms with Gasteiger partial charge in [-0.25, -0.2) is 0 Å². The minimum Gasteiger partial charge on any atom is -0.492 e. The number of nitrogens with zero attached hydrogens (tertiary/aromatic N) is 1. The van der Waals surface area contributed by atoms with E-state index < -0.39 is 10.1 Å². The highest BCUT2D eigenvalue weighted by Crippen LogP contribution is 2.17. The first kappa shape index (κ1) is 25.4. The van der Waals surface area contributed by atoms with Crippen LogP contribution in [0.2, 0.25) is 0 Å². The molecule has 32 heavy (non-hydrogen) atoms. The smallest absolute Gasteiger partial charge is 0.308 e. The maximum absolute atomic E-state index is 12.2. The molecule has 7 heteroatoms. The Morgan fingerprint density at radius 1 is 0.906 bits per heavy atom. The van der Waals surface area contributed by atoms with Crippen molar-refractivity contribution in [2.45, 2.75) is 20.8 Å². The number of likely N-dealkylation sites (N-methyl/N-ethyl adjacent to an activating group) is 1. The molecular weight excluding hydrogens is 426 g/mol. The number of benzene rings is 2. The van der Waals surface area contributed by atoms with Gasteiger partial charge in [0.2, 0.25) is 0 Å². The van der Waals surface area contributed by atoms with E-state index in [-0.39, 0.29) is 17.3 Å². The quantitative estimate of drug-likeness (QED) is 0.327. The van der Waals surface area contributed by atoms with Crippen LogP contribution >= 0.6 is 0 Å². The van der Waals surface area contributed by atoms with Gasteiger partial charge in [0.05, 0.1) is 5.75 Å². The van der Waals surface area contributed by atoms with Gasteiger partial charge in [0.1, 0.15) is 18.1 Å². The van der Waals surface area contributed by atoms with Crippen LogP contribution < -0.4 is 8.92 Å². The third kappa shape index (κ3) is 9.08. The Hall–Kier alpha value is -2.90. The summed E-state index contributed by atoms with van der Waals surface area (Å²) in [5.41, 5.74) is 1.53. The van der Waals surface area contributed by atoms with Crippen LogP contribution in [0.3, 0.4) is 0 Å². The average Bonchev–Trinajstić information content (AvgIpc) is 2.79. The molecule has 6 nitrogen and oxygen atoms in total. The Morgan fingerprint density at radius 2 is 1.47 bits per heavy atom. The number of hydrogen-bond donors (Lipinski definition) is 0. The topological polar surface area (TPSA) is 72.9 Å². The predicted molar refractivity (Wildman–Crippen MR) is 129 cm³/mol. The molecule has 172 valence electrons. The number of allylic oxidation sites excluding steroid dienone is 2. The fraction of sp³-hybridized carbons (Fsp3) is 0.320. The van der Waals surface area contributed by atoms with Crippen molar-refractivity contribution in [1.29, 1.82) is 0 Å². The zero-order chi connectivity index (χ0) is 23.4. The highest BCUT2D eigenvalue weighted by molar-refractivity contribution is 7.87. The molecule has 2 aromatic carbocycles. The summed E-state index contributed by atoms with van der Waals surface area (Å²) in [6.07, 6.45) is 6.25. The third-order valence-corrected chi connectivity index (χ3v) is 5.90. The van der Waals surface area contributed by atoms with Gasteiger partial charge in [0, 0.05) is 6.54 Å². The summed E-state index contributed by atoms with van der Waals surface area (Å²) in [4.78, 5) is 14.5. The fourth-order valence-electron chi connectivity index (χ4n) is 2.83. The normalized spacial score (nSPS) is 12.0. The van der Waals surface area contributed by atoms with Gasteiger partial charge < -0.3 is 13.8 Å². The first-order chi connectivity index (χ1) is 15.3. The second-order valence-electron chi connectivity index (χ2n) is 7.02. The van der Waals surface area contributed by atoms with E-state index in [1.807, 2.05) is 24.3 Å². The lowest BCUT2D eigenvalue weighted by molar-refractivity contribution is -0.110. The van der Waals surface area contributed by atoms with Gasteiger partial charge >= 0.3 is 10.1 Å². The minimum absolute atomic E-state index is 0.113. The molecule has 2 aromatic rings. The Labute approximate surface area is 191 Å². The van der Waals surface area contributed by atoms with Crippen LogP contribution in [0.25, 0.3) is 12.2 Å². The second kappa shape index (κ2) is 12.8. The average molecular weight is 458 g/mol. The van der Waals surface area contributed by atoms with Gasteiger partial charge in [-0.1, -0.05) is 50.3 Å². The van der Waals surface area contributed by atoms with Crippen LogP contribution in [0, 0.1) is 0 Å². The highest BCUT2D eigenvalue weighted by Gasteiger charge is 2.09. The molecule has 0 aliphatic carbocycles. The molecule has 0 heterocycles. The molecule has 0 aromatic heterocycles. The van der Waals surface area contributed by atoms with Gasteiger partial charge in [-0.05, 0) is 67.6 Å². The van der Waals surface area contributed by atoms with Gasteiger partial charge in [-0.15, -0.1) is 0 Å². The molecule has 0 aliphatic heterocycles. The molecular formula is C25H31NO5S. The second-order valence-corrected chi connectivity index (χ2v) is 8.88. The third-order valence-electron chi connectivity index (χ3n) is 4.74. The molecule has 2 rings (SSSR count). The molecule has 0 bridgehead atoms. The van der Waals surface area contributed by atoms with Crippen molar-refractivity contribution in [1.82, 2.24) is 4.90 Å². The van der Waals surface area contributed by atoms with Gasteiger partial charge in [0.15, 0.2) is 5.78 Å². The van der Waals surface area contributed by atoms with Gasteiger partial charge in [-0.2, -0.15) is 8.42 Å². The van der Waals surface area contributed by atoms with Crippen LogP contribution in [-0.2, 0) is 14.9 Å². The Kier molecular flexibility index (Phi) is 10.2. The first-order valence-electron chi connectivity index (χ1n) is 10.7. The molecule has 0 saturated heterocycles. The Morgan fingerprint density at radius 3 is 2.03 bits per heavy atom. The SMILES string of the molecule is CCN(CC)CCOc1cccc(/C=C/C(=O)/C=C/c2cccc(OS(=O)(=O)CC)c2)c1. The summed E-state index contributed by atoms with van der Waals surface area (Å²) < 4.78 is 34.0. The first-order valence-corrected chi connectivity index (χ1v) is 12.3. The van der Waals surface area contributed by atoms with Gasteiger partial charge in [-0.3, -0.25) is 4.79 Å². The highest BCUT2D eigenvalue weighted by atomic mass is 32.2. The van der Waals surface area contributed by atoms with Crippen LogP contribution in [-0.4, -0.2) is 51.1 Å². The maximum atomic E-state index is 12.2. The molecule has 0 spiro atoms. The number of ketones is 1. The molecule has 0 amide bonds. The standard InChI is InChI=1S/C25H31NO5S/c1-4-26(5-2)17-18-30-24-11-7-9-21(19-24)13-15-23(27)16-14-22-10-8-12-25(20-22)31-32(28,29)6-3/h7-16,19-20H,4-6,17-18H2,1-3H3/b15-13+,16-14+. The van der Waals surface area contributed by atoms with E-state index in [4.69, 9.17) is 8.92 Å². The predicted octanol–water partition coefficient (Wildman–Crippen LogP) is 4.43. The van der Waals surface area contributed by atoms with E-state index in [2.05, 4.69) is 18.7 Å². The summed E-state index contributed by atoms with van der Waals surface area (Å²) in [7, 11) is -3.59. The number of rotatable bonds is 13. The molecule has 0 N–H and O–H groups in total. The molecule has 0 saturated carbocycles. The lowest BCUT2D eigenvalue weighted by Crippen LogP contribution is -2.27. The van der Waals surface area contributed by atoms with Crippen molar-refractivity contribution in [2.75, 3.05) is 32.0 Å². The number of ether oxygens (including phenoxy) is 1. The lowest BCUT2D eigenvalue weighted by atomic mass is 10.1. The van der Waals surface area contributed by atoms with Crippen molar-refractivity contribution in [3.63, 3.8) is 0 Å². The summed E-state index contributed by atoms with van der Waals surface area (Å²) in [6.45, 7) is 9.23. The van der Waals surface area contributed by atoms with E-state index in [9.17, 15) is 13.2 Å². The molecule has 0 unspecified atom stereocenters. The molecule has 0 aliphatic rings. The minimum atomic E-state index is -3.59. The van der Waals surface area contributed by atoms with E-state index in [0.29, 0.717) is 12.2 Å². The van der Waals surface area contributed by atoms with E-state index in [0.717, 1.165) is 30.9 Å². The Balaban J connectivity index is 1.94. The lowest BCUT2D eigenvalue weighted by Gasteiger charge is -2.18. The van der Waals surface area contributed by atoms with Gasteiger partial charge in [0.25, 0.3) is 0 Å². The molecule has 0 atom stereocenters. The zero-order valence-corrected chi connectivity index (χ0v) is 19.7. The van der Waals surface area contributed by atoms with E-state index >= 15 is 0 Å². The Bertz CT molecular complexity index is 1040.